The highest BCUT2D eigenvalue weighted by Crippen LogP contribution is 2.16. The Kier molecular flexibility index (Phi) is 6.67. The molecule has 0 saturated carbocycles. The van der Waals surface area contributed by atoms with Gasteiger partial charge in [-0.05, 0) is 35.7 Å². The molecule has 0 unspecified atom stereocenters. The molecule has 0 atom stereocenters. The van der Waals surface area contributed by atoms with Gasteiger partial charge in [0.25, 0.3) is 0 Å². The normalized spacial score (nSPS) is 10.5. The van der Waals surface area contributed by atoms with Crippen LogP contribution in [0.25, 0.3) is 0 Å². The van der Waals surface area contributed by atoms with Gasteiger partial charge in [-0.25, -0.2) is 4.79 Å². The van der Waals surface area contributed by atoms with Crippen molar-refractivity contribution in [3.63, 3.8) is 0 Å². The van der Waals surface area contributed by atoms with E-state index in [-0.39, 0.29) is 24.5 Å². The smallest absolute Gasteiger partial charge is 0.337 e. The molecule has 0 heterocycles. The van der Waals surface area contributed by atoms with E-state index >= 15 is 0 Å². The molecule has 26 heavy (non-hydrogen) atoms. The van der Waals surface area contributed by atoms with Gasteiger partial charge in [0.05, 0.1) is 12.7 Å². The lowest BCUT2D eigenvalue weighted by Crippen LogP contribution is -2.13. The van der Waals surface area contributed by atoms with Crippen LogP contribution < -0.4 is 5.32 Å². The first-order valence-electron chi connectivity index (χ1n) is 8.52. The highest BCUT2D eigenvalue weighted by molar-refractivity contribution is 6.00. The summed E-state index contributed by atoms with van der Waals surface area (Å²) in [5, 5.41) is 2.71. The fourth-order valence-electron chi connectivity index (χ4n) is 2.46. The Morgan fingerprint density at radius 2 is 1.46 bits per heavy atom. The van der Waals surface area contributed by atoms with Crippen LogP contribution in [-0.2, 0) is 9.53 Å². The third kappa shape index (κ3) is 5.28. The molecule has 2 aromatic carbocycles. The zero-order valence-electron chi connectivity index (χ0n) is 15.2. The van der Waals surface area contributed by atoms with E-state index in [1.54, 1.807) is 36.4 Å². The molecule has 0 aliphatic heterocycles. The van der Waals surface area contributed by atoms with Gasteiger partial charge < -0.3 is 10.1 Å². The number of methoxy groups -OCH3 is 1. The van der Waals surface area contributed by atoms with Gasteiger partial charge in [-0.2, -0.15) is 0 Å². The first kappa shape index (κ1) is 19.4. The number of carbonyl (C=O) groups is 3. The molecule has 0 saturated heterocycles. The molecule has 5 nitrogen and oxygen atoms in total. The predicted octanol–water partition coefficient (Wildman–Crippen LogP) is 4.20. The topological polar surface area (TPSA) is 72.5 Å². The molecule has 0 aliphatic carbocycles. The van der Waals surface area contributed by atoms with Crippen molar-refractivity contribution in [2.45, 2.75) is 32.6 Å². The Bertz CT molecular complexity index is 777. The maximum Gasteiger partial charge on any atom is 0.337 e. The second kappa shape index (κ2) is 8.94. The van der Waals surface area contributed by atoms with Gasteiger partial charge >= 0.3 is 5.97 Å². The molecular formula is C21H23NO4. The standard InChI is InChI=1S/C21H23NO4/c1-14(2)15-4-6-16(7-5-15)19(23)12-13-20(24)22-18-10-8-17(9-11-18)21(25)26-3/h4-11,14H,12-13H2,1-3H3,(H,22,24). The molecule has 0 spiro atoms. The van der Waals surface area contributed by atoms with Crippen LogP contribution in [0.4, 0.5) is 5.69 Å². The van der Waals surface area contributed by atoms with E-state index in [0.717, 1.165) is 0 Å². The van der Waals surface area contributed by atoms with Crippen molar-refractivity contribution in [1.29, 1.82) is 0 Å². The number of nitrogens with one attached hydrogen (secondary N) is 1. The van der Waals surface area contributed by atoms with Crippen molar-refractivity contribution >= 4 is 23.3 Å². The molecule has 0 fully saturated rings. The number of benzene rings is 2. The van der Waals surface area contributed by atoms with Gasteiger partial charge in [0, 0.05) is 24.1 Å². The van der Waals surface area contributed by atoms with Gasteiger partial charge in [0.15, 0.2) is 5.78 Å². The fraction of sp³-hybridized carbons (Fsp3) is 0.286. The van der Waals surface area contributed by atoms with Crippen LogP contribution in [-0.4, -0.2) is 24.8 Å². The van der Waals surface area contributed by atoms with E-state index in [9.17, 15) is 14.4 Å². The Morgan fingerprint density at radius 3 is 2.00 bits per heavy atom. The third-order valence-electron chi connectivity index (χ3n) is 4.07. The maximum absolute atomic E-state index is 12.2. The van der Waals surface area contributed by atoms with Gasteiger partial charge in [0.2, 0.25) is 5.91 Å². The predicted molar refractivity (Wildman–Crippen MR) is 101 cm³/mol. The van der Waals surface area contributed by atoms with Crippen LogP contribution in [0.1, 0.15) is 58.9 Å². The molecule has 0 aliphatic rings. The number of hydrogen-bond donors (Lipinski definition) is 1. The molecule has 136 valence electrons. The van der Waals surface area contributed by atoms with Crippen LogP contribution in [0.15, 0.2) is 48.5 Å². The van der Waals surface area contributed by atoms with Crippen molar-refractivity contribution in [2.75, 3.05) is 12.4 Å². The summed E-state index contributed by atoms with van der Waals surface area (Å²) in [4.78, 5) is 35.6. The molecule has 0 radical (unpaired) electrons. The quantitative estimate of drug-likeness (QED) is 0.598. The van der Waals surface area contributed by atoms with Crippen molar-refractivity contribution in [3.8, 4) is 0 Å². The number of Topliss-reactive ketones (excluding diaryl/α,β-unsaturated/α-hetero) is 1. The van der Waals surface area contributed by atoms with Crippen LogP contribution >= 0.6 is 0 Å². The van der Waals surface area contributed by atoms with E-state index in [4.69, 9.17) is 0 Å². The summed E-state index contributed by atoms with van der Waals surface area (Å²) >= 11 is 0. The number of hydrogen-bond acceptors (Lipinski definition) is 4. The summed E-state index contributed by atoms with van der Waals surface area (Å²) in [5.74, 6) is -0.327. The lowest BCUT2D eigenvalue weighted by atomic mass is 9.99. The molecular weight excluding hydrogens is 330 g/mol. The van der Waals surface area contributed by atoms with Gasteiger partial charge in [-0.1, -0.05) is 38.1 Å². The Balaban J connectivity index is 1.86. The Morgan fingerprint density at radius 1 is 0.885 bits per heavy atom. The molecule has 1 amide bonds. The number of anilines is 1. The lowest BCUT2D eigenvalue weighted by molar-refractivity contribution is -0.116. The van der Waals surface area contributed by atoms with Crippen molar-refractivity contribution in [3.05, 3.63) is 65.2 Å². The zero-order valence-corrected chi connectivity index (χ0v) is 15.2. The van der Waals surface area contributed by atoms with Crippen LogP contribution in [0, 0.1) is 0 Å². The average molecular weight is 353 g/mol. The molecule has 2 aromatic rings. The molecule has 1 N–H and O–H groups in total. The molecule has 2 rings (SSSR count). The van der Waals surface area contributed by atoms with E-state index in [2.05, 4.69) is 23.9 Å². The van der Waals surface area contributed by atoms with Crippen molar-refractivity contribution < 1.29 is 19.1 Å². The second-order valence-corrected chi connectivity index (χ2v) is 6.32. The van der Waals surface area contributed by atoms with Gasteiger partial charge in [-0.15, -0.1) is 0 Å². The first-order chi connectivity index (χ1) is 12.4. The SMILES string of the molecule is COC(=O)c1ccc(NC(=O)CCC(=O)c2ccc(C(C)C)cc2)cc1. The summed E-state index contributed by atoms with van der Waals surface area (Å²) in [5.41, 5.74) is 2.77. The highest BCUT2D eigenvalue weighted by atomic mass is 16.5. The third-order valence-corrected chi connectivity index (χ3v) is 4.07. The number of amides is 1. The lowest BCUT2D eigenvalue weighted by Gasteiger charge is -2.07. The average Bonchev–Trinajstić information content (AvgIpc) is 2.66. The number of esters is 1. The maximum atomic E-state index is 12.2. The summed E-state index contributed by atoms with van der Waals surface area (Å²) in [6.07, 6.45) is 0.247. The monoisotopic (exact) mass is 353 g/mol. The minimum atomic E-state index is -0.433. The molecule has 0 aromatic heterocycles. The minimum Gasteiger partial charge on any atom is -0.465 e. The van der Waals surface area contributed by atoms with E-state index < -0.39 is 5.97 Å². The van der Waals surface area contributed by atoms with Gasteiger partial charge in [0.1, 0.15) is 0 Å². The van der Waals surface area contributed by atoms with Crippen molar-refractivity contribution in [1.82, 2.24) is 0 Å². The van der Waals surface area contributed by atoms with Crippen LogP contribution in [0.5, 0.6) is 0 Å². The van der Waals surface area contributed by atoms with Gasteiger partial charge in [-0.3, -0.25) is 9.59 Å². The van der Waals surface area contributed by atoms with Crippen molar-refractivity contribution in [2.24, 2.45) is 0 Å². The highest BCUT2D eigenvalue weighted by Gasteiger charge is 2.11. The number of carbonyl (C=O) groups excluding carboxylic acids is 3. The van der Waals surface area contributed by atoms with E-state index in [1.165, 1.54) is 12.7 Å². The Hall–Kier alpha value is -2.95. The second-order valence-electron chi connectivity index (χ2n) is 6.32. The fourth-order valence-corrected chi connectivity index (χ4v) is 2.46. The largest absolute Gasteiger partial charge is 0.465 e. The summed E-state index contributed by atoms with van der Waals surface area (Å²) in [6.45, 7) is 4.19. The number of rotatable bonds is 7. The molecule has 5 heteroatoms. The van der Waals surface area contributed by atoms with E-state index in [1.807, 2.05) is 12.1 Å². The number of ketones is 1. The first-order valence-corrected chi connectivity index (χ1v) is 8.52. The Labute approximate surface area is 153 Å². The van der Waals surface area contributed by atoms with E-state index in [0.29, 0.717) is 22.7 Å². The van der Waals surface area contributed by atoms with Crippen LogP contribution in [0.3, 0.4) is 0 Å². The number of ether oxygens (including phenoxy) is 1. The zero-order chi connectivity index (χ0) is 19.1. The molecule has 0 bridgehead atoms. The summed E-state index contributed by atoms with van der Waals surface area (Å²) < 4.78 is 4.62. The minimum absolute atomic E-state index is 0.0588. The summed E-state index contributed by atoms with van der Waals surface area (Å²) in [7, 11) is 1.31. The summed E-state index contributed by atoms with van der Waals surface area (Å²) in [6, 6.07) is 13.9. The van der Waals surface area contributed by atoms with Crippen LogP contribution in [0.2, 0.25) is 0 Å².